The Labute approximate surface area is 167 Å². The van der Waals surface area contributed by atoms with Crippen molar-refractivity contribution in [3.05, 3.63) is 76.2 Å². The number of methoxy groups -OCH3 is 1. The molecule has 136 valence electrons. The maximum Gasteiger partial charge on any atom is 0.266 e. The van der Waals surface area contributed by atoms with Gasteiger partial charge < -0.3 is 9.47 Å². The minimum absolute atomic E-state index is 0.0689. The SMILES string of the molecule is COc1ccc(CN2C(=O)C(=CC3=Cc4ccccc4OC3)SC2=S)cc1. The highest BCUT2D eigenvalue weighted by atomic mass is 32.2. The number of carbonyl (C=O) groups excluding carboxylic acids is 1. The van der Waals surface area contributed by atoms with Gasteiger partial charge in [-0.1, -0.05) is 54.3 Å². The van der Waals surface area contributed by atoms with Crippen LogP contribution in [0.3, 0.4) is 0 Å². The number of hydrogen-bond donors (Lipinski definition) is 0. The standard InChI is InChI=1S/C21H17NO3S2/c1-24-17-8-6-14(7-9-17)12-22-20(23)19(27-21(22)26)11-15-10-16-4-2-3-5-18(16)25-13-15/h2-11H,12-13H2,1H3. The van der Waals surface area contributed by atoms with Crippen LogP contribution in [0.25, 0.3) is 6.08 Å². The van der Waals surface area contributed by atoms with Crippen molar-refractivity contribution in [2.45, 2.75) is 6.54 Å². The van der Waals surface area contributed by atoms with Gasteiger partial charge in [0.25, 0.3) is 5.91 Å². The maximum atomic E-state index is 12.8. The quantitative estimate of drug-likeness (QED) is 0.566. The van der Waals surface area contributed by atoms with Crippen LogP contribution in [0.2, 0.25) is 0 Å². The summed E-state index contributed by atoms with van der Waals surface area (Å²) >= 11 is 6.76. The number of para-hydroxylation sites is 1. The van der Waals surface area contributed by atoms with E-state index in [2.05, 4.69) is 6.08 Å². The summed E-state index contributed by atoms with van der Waals surface area (Å²) in [6, 6.07) is 15.5. The number of thioether (sulfide) groups is 1. The second-order valence-corrected chi connectivity index (χ2v) is 7.84. The number of thiocarbonyl (C=S) groups is 1. The van der Waals surface area contributed by atoms with E-state index >= 15 is 0 Å². The Bertz CT molecular complexity index is 964. The topological polar surface area (TPSA) is 38.8 Å². The molecule has 0 N–H and O–H groups in total. The first-order valence-corrected chi connectivity index (χ1v) is 9.67. The summed E-state index contributed by atoms with van der Waals surface area (Å²) in [7, 11) is 1.63. The van der Waals surface area contributed by atoms with Crippen molar-refractivity contribution in [2.24, 2.45) is 0 Å². The zero-order valence-corrected chi connectivity index (χ0v) is 16.3. The molecule has 4 rings (SSSR count). The van der Waals surface area contributed by atoms with Crippen molar-refractivity contribution in [3.8, 4) is 11.5 Å². The van der Waals surface area contributed by atoms with Gasteiger partial charge in [-0.3, -0.25) is 9.69 Å². The number of nitrogens with zero attached hydrogens (tertiary/aromatic N) is 1. The van der Waals surface area contributed by atoms with E-state index in [-0.39, 0.29) is 5.91 Å². The molecular weight excluding hydrogens is 378 g/mol. The number of carbonyl (C=O) groups is 1. The Balaban J connectivity index is 1.52. The molecule has 2 aliphatic rings. The van der Waals surface area contributed by atoms with Gasteiger partial charge in [0.1, 0.15) is 22.4 Å². The smallest absolute Gasteiger partial charge is 0.266 e. The monoisotopic (exact) mass is 395 g/mol. The molecule has 2 aromatic rings. The van der Waals surface area contributed by atoms with E-state index in [4.69, 9.17) is 21.7 Å². The van der Waals surface area contributed by atoms with Gasteiger partial charge in [0, 0.05) is 5.56 Å². The van der Waals surface area contributed by atoms with Gasteiger partial charge >= 0.3 is 0 Å². The van der Waals surface area contributed by atoms with Gasteiger partial charge in [-0.25, -0.2) is 0 Å². The number of rotatable bonds is 4. The summed E-state index contributed by atoms with van der Waals surface area (Å²) in [5.41, 5.74) is 2.98. The van der Waals surface area contributed by atoms with Crippen molar-refractivity contribution in [3.63, 3.8) is 0 Å². The van der Waals surface area contributed by atoms with Gasteiger partial charge in [0.2, 0.25) is 0 Å². The predicted molar refractivity (Wildman–Crippen MR) is 112 cm³/mol. The summed E-state index contributed by atoms with van der Waals surface area (Å²) < 4.78 is 11.5. The van der Waals surface area contributed by atoms with Gasteiger partial charge in [-0.05, 0) is 41.5 Å². The van der Waals surface area contributed by atoms with Crippen LogP contribution in [-0.2, 0) is 11.3 Å². The van der Waals surface area contributed by atoms with Crippen LogP contribution in [-0.4, -0.2) is 28.8 Å². The molecule has 2 aromatic carbocycles. The van der Waals surface area contributed by atoms with E-state index in [0.29, 0.717) is 22.4 Å². The first-order valence-electron chi connectivity index (χ1n) is 8.45. The van der Waals surface area contributed by atoms with Crippen molar-refractivity contribution in [1.29, 1.82) is 0 Å². The van der Waals surface area contributed by atoms with Crippen LogP contribution < -0.4 is 9.47 Å². The Morgan fingerprint density at radius 1 is 1.22 bits per heavy atom. The fourth-order valence-electron chi connectivity index (χ4n) is 2.94. The molecule has 0 aromatic heterocycles. The molecule has 1 saturated heterocycles. The lowest BCUT2D eigenvalue weighted by molar-refractivity contribution is -0.122. The lowest BCUT2D eigenvalue weighted by atomic mass is 10.1. The molecule has 1 fully saturated rings. The number of benzene rings is 2. The van der Waals surface area contributed by atoms with E-state index in [1.165, 1.54) is 11.8 Å². The highest BCUT2D eigenvalue weighted by Crippen LogP contribution is 2.34. The second-order valence-electron chi connectivity index (χ2n) is 6.16. The highest BCUT2D eigenvalue weighted by molar-refractivity contribution is 8.26. The number of ether oxygens (including phenoxy) is 2. The first-order chi connectivity index (χ1) is 13.1. The molecule has 6 heteroatoms. The lowest BCUT2D eigenvalue weighted by Gasteiger charge is -2.16. The van der Waals surface area contributed by atoms with E-state index < -0.39 is 0 Å². The Morgan fingerprint density at radius 3 is 2.78 bits per heavy atom. The number of amides is 1. The van der Waals surface area contributed by atoms with Crippen LogP contribution in [0.1, 0.15) is 11.1 Å². The number of hydrogen-bond acceptors (Lipinski definition) is 5. The van der Waals surface area contributed by atoms with Crippen LogP contribution in [0, 0.1) is 0 Å². The summed E-state index contributed by atoms with van der Waals surface area (Å²) in [6.07, 6.45) is 3.93. The predicted octanol–water partition coefficient (Wildman–Crippen LogP) is 4.42. The van der Waals surface area contributed by atoms with Gasteiger partial charge in [-0.15, -0.1) is 0 Å². The molecule has 0 atom stereocenters. The van der Waals surface area contributed by atoms with Gasteiger partial charge in [-0.2, -0.15) is 0 Å². The molecule has 0 bridgehead atoms. The summed E-state index contributed by atoms with van der Waals surface area (Å²) in [5, 5.41) is 0. The van der Waals surface area contributed by atoms with Crippen LogP contribution in [0.15, 0.2) is 65.1 Å². The van der Waals surface area contributed by atoms with E-state index in [1.807, 2.05) is 54.6 Å². The summed E-state index contributed by atoms with van der Waals surface area (Å²) in [4.78, 5) is 15.1. The minimum Gasteiger partial charge on any atom is -0.497 e. The third-order valence-corrected chi connectivity index (χ3v) is 5.72. The number of fused-ring (bicyclic) bond motifs is 1. The Morgan fingerprint density at radius 2 is 2.00 bits per heavy atom. The minimum atomic E-state index is -0.0689. The molecule has 0 unspecified atom stereocenters. The fraction of sp³-hybridized carbons (Fsp3) is 0.143. The lowest BCUT2D eigenvalue weighted by Crippen LogP contribution is -2.27. The van der Waals surface area contributed by atoms with Crippen LogP contribution in [0.5, 0.6) is 11.5 Å². The van der Waals surface area contributed by atoms with Crippen molar-refractivity contribution >= 4 is 40.3 Å². The third kappa shape index (κ3) is 3.77. The van der Waals surface area contributed by atoms with Gasteiger partial charge in [0.05, 0.1) is 18.6 Å². The molecule has 27 heavy (non-hydrogen) atoms. The van der Waals surface area contributed by atoms with Crippen molar-refractivity contribution < 1.29 is 14.3 Å². The van der Waals surface area contributed by atoms with Crippen LogP contribution in [0.4, 0.5) is 0 Å². The zero-order valence-electron chi connectivity index (χ0n) is 14.7. The second kappa shape index (κ2) is 7.58. The largest absolute Gasteiger partial charge is 0.497 e. The molecular formula is C21H17NO3S2. The van der Waals surface area contributed by atoms with Gasteiger partial charge in [0.15, 0.2) is 0 Å². The molecule has 0 spiro atoms. The molecule has 2 aliphatic heterocycles. The third-order valence-electron chi connectivity index (χ3n) is 4.34. The Kier molecular flexibility index (Phi) is 5.01. The van der Waals surface area contributed by atoms with Crippen molar-refractivity contribution in [2.75, 3.05) is 13.7 Å². The average Bonchev–Trinajstić information content (AvgIpc) is 2.96. The molecule has 2 heterocycles. The first kappa shape index (κ1) is 17.8. The molecule has 0 radical (unpaired) electrons. The zero-order chi connectivity index (χ0) is 18.8. The van der Waals surface area contributed by atoms with Crippen LogP contribution >= 0.6 is 24.0 Å². The molecule has 4 nitrogen and oxygen atoms in total. The van der Waals surface area contributed by atoms with E-state index in [1.54, 1.807) is 12.0 Å². The average molecular weight is 396 g/mol. The highest BCUT2D eigenvalue weighted by Gasteiger charge is 2.32. The summed E-state index contributed by atoms with van der Waals surface area (Å²) in [6.45, 7) is 0.893. The fourth-order valence-corrected chi connectivity index (χ4v) is 4.21. The van der Waals surface area contributed by atoms with E-state index in [9.17, 15) is 4.79 Å². The normalized spacial score (nSPS) is 17.6. The maximum absolute atomic E-state index is 12.8. The summed E-state index contributed by atoms with van der Waals surface area (Å²) in [5.74, 6) is 1.58. The van der Waals surface area contributed by atoms with E-state index in [0.717, 1.165) is 28.2 Å². The molecule has 1 amide bonds. The molecule has 0 aliphatic carbocycles. The van der Waals surface area contributed by atoms with Crippen molar-refractivity contribution in [1.82, 2.24) is 4.90 Å². The molecule has 0 saturated carbocycles. The Hall–Kier alpha value is -2.57.